The predicted molar refractivity (Wildman–Crippen MR) is 211 cm³/mol. The Bertz CT molecular complexity index is 1400. The van der Waals surface area contributed by atoms with Crippen LogP contribution >= 0.6 is 55.1 Å². The van der Waals surface area contributed by atoms with Crippen molar-refractivity contribution in [3.63, 3.8) is 0 Å². The lowest BCUT2D eigenvalue weighted by Gasteiger charge is -2.20. The van der Waals surface area contributed by atoms with Crippen molar-refractivity contribution >= 4 is 72.4 Å². The highest BCUT2D eigenvalue weighted by Gasteiger charge is 2.23. The fourth-order valence-corrected chi connectivity index (χ4v) is 9.65. The van der Waals surface area contributed by atoms with Gasteiger partial charge in [0.05, 0.1) is 17.0 Å². The highest BCUT2D eigenvalue weighted by Crippen LogP contribution is 2.36. The number of rotatable bonds is 18. The summed E-state index contributed by atoms with van der Waals surface area (Å²) in [5.41, 5.74) is 8.16. The van der Waals surface area contributed by atoms with E-state index in [-0.39, 0.29) is 37.8 Å². The zero-order valence-corrected chi connectivity index (χ0v) is 32.6. The molecule has 8 nitrogen and oxygen atoms in total. The Morgan fingerprint density at radius 1 is 0.792 bits per heavy atom. The molecule has 0 saturated carbocycles. The minimum absolute atomic E-state index is 0.0720. The maximum atomic E-state index is 12.9. The average molecular weight is 749 g/mol. The van der Waals surface area contributed by atoms with Gasteiger partial charge in [-0.3, -0.25) is 19.7 Å². The summed E-state index contributed by atoms with van der Waals surface area (Å²) in [7, 11) is 6.81. The summed E-state index contributed by atoms with van der Waals surface area (Å²) in [6.07, 6.45) is 3.90. The Morgan fingerprint density at radius 3 is 1.79 bits per heavy atom. The van der Waals surface area contributed by atoms with Crippen LogP contribution in [0.3, 0.4) is 0 Å². The van der Waals surface area contributed by atoms with Crippen LogP contribution in [0.1, 0.15) is 65.5 Å². The van der Waals surface area contributed by atoms with Crippen LogP contribution in [0, 0.1) is 10.1 Å². The normalized spacial score (nSPS) is 12.8. The molecule has 1 aromatic heterocycles. The maximum absolute atomic E-state index is 12.9. The van der Waals surface area contributed by atoms with E-state index in [4.69, 9.17) is 5.73 Å². The van der Waals surface area contributed by atoms with Crippen LogP contribution in [0.2, 0.25) is 0 Å². The van der Waals surface area contributed by atoms with Gasteiger partial charge in [0.25, 0.3) is 0 Å². The molecule has 0 saturated heterocycles. The molecule has 0 radical (unpaired) electrons. The maximum Gasteiger partial charge on any atom is 0.302 e. The average Bonchev–Trinajstić information content (AvgIpc) is 3.04. The molecule has 2 atom stereocenters. The molecule has 48 heavy (non-hydrogen) atoms. The van der Waals surface area contributed by atoms with Crippen molar-refractivity contribution in [1.29, 1.82) is 0 Å². The number of nitrogens with zero attached hydrogens (tertiary/aromatic N) is 2. The van der Waals surface area contributed by atoms with Crippen LogP contribution in [0.15, 0.2) is 84.0 Å². The molecule has 0 aliphatic rings. The van der Waals surface area contributed by atoms with Crippen molar-refractivity contribution in [3.8, 4) is 0 Å². The number of hydrogen-bond donors (Lipinski definition) is 2. The number of benzene rings is 2. The molecule has 262 valence electrons. The minimum Gasteiger partial charge on any atom is -0.321 e. The number of pyridine rings is 1. The first kappa shape index (κ1) is 42.2. The van der Waals surface area contributed by atoms with E-state index < -0.39 is 11.0 Å². The van der Waals surface area contributed by atoms with Crippen LogP contribution < -0.4 is 10.5 Å². The zero-order chi connectivity index (χ0) is 35.6. The van der Waals surface area contributed by atoms with Crippen molar-refractivity contribution in [2.45, 2.75) is 93.8 Å². The zero-order valence-electron chi connectivity index (χ0n) is 28.5. The number of carbonyl (C=O) groups excluding carboxylic acids is 2. The van der Waals surface area contributed by atoms with Crippen molar-refractivity contribution < 1.29 is 14.5 Å². The molecule has 3 rings (SSSR count). The summed E-state index contributed by atoms with van der Waals surface area (Å²) in [4.78, 5) is 39.6. The second-order valence-corrected chi connectivity index (χ2v) is 20.0. The lowest BCUT2D eigenvalue weighted by atomic mass is 10.0. The number of nitro groups is 1. The molecule has 0 unspecified atom stereocenters. The Labute approximate surface area is 306 Å². The predicted octanol–water partition coefficient (Wildman–Crippen LogP) is 9.03. The monoisotopic (exact) mass is 748 g/mol. The Morgan fingerprint density at radius 2 is 1.29 bits per heavy atom. The molecule has 0 bridgehead atoms. The number of nitrogens with one attached hydrogen (secondary N) is 1. The van der Waals surface area contributed by atoms with E-state index in [1.54, 1.807) is 43.2 Å². The fraction of sp³-hybridized carbons (Fsp3) is 0.457. The van der Waals surface area contributed by atoms with Crippen LogP contribution in [-0.4, -0.2) is 54.6 Å². The Hall–Kier alpha value is -2.00. The van der Waals surface area contributed by atoms with Crippen molar-refractivity contribution in [2.75, 3.05) is 11.5 Å². The minimum atomic E-state index is -0.465. The molecule has 0 fully saturated rings. The number of ketones is 2. The van der Waals surface area contributed by atoms with E-state index in [0.717, 1.165) is 23.9 Å². The second kappa shape index (κ2) is 22.0. The number of aromatic nitrogens is 1. The smallest absolute Gasteiger partial charge is 0.302 e. The number of hydrogen-bond acceptors (Lipinski definition) is 12. The van der Waals surface area contributed by atoms with Gasteiger partial charge in [-0.25, -0.2) is 9.71 Å². The molecule has 3 N–H and O–H groups in total. The van der Waals surface area contributed by atoms with Gasteiger partial charge in [-0.1, -0.05) is 145 Å². The topological polar surface area (TPSA) is 128 Å². The third kappa shape index (κ3) is 18.7. The SMILES string of the molecule is CC(C)(C)SSC[C@H](N)C(=O)CCc1ccccc1.CC(C)(C)SSC[C@H](NSc1ncccc1[N+](=O)[O-])C(=O)CCc1ccccc1. The molecular formula is C35H48N4O4S5. The summed E-state index contributed by atoms with van der Waals surface area (Å²) < 4.78 is 3.40. The van der Waals surface area contributed by atoms with Crippen LogP contribution in [0.25, 0.3) is 0 Å². The van der Waals surface area contributed by atoms with E-state index >= 15 is 0 Å². The number of aryl methyl sites for hydroxylation is 2. The largest absolute Gasteiger partial charge is 0.321 e. The summed E-state index contributed by atoms with van der Waals surface area (Å²) in [6, 6.07) is 22.1. The fourth-order valence-electron chi connectivity index (χ4n) is 3.76. The highest BCUT2D eigenvalue weighted by atomic mass is 33.1. The van der Waals surface area contributed by atoms with Crippen LogP contribution in [0.4, 0.5) is 5.69 Å². The molecular weight excluding hydrogens is 701 g/mol. The van der Waals surface area contributed by atoms with Gasteiger partial charge in [-0.05, 0) is 42.0 Å². The lowest BCUT2D eigenvalue weighted by Crippen LogP contribution is -2.35. The summed E-state index contributed by atoms with van der Waals surface area (Å²) in [5, 5.41) is 11.4. The molecule has 2 aromatic carbocycles. The third-order valence-corrected chi connectivity index (χ3v) is 13.8. The molecule has 0 spiro atoms. The quantitative estimate of drug-likeness (QED) is 0.0558. The van der Waals surface area contributed by atoms with Crippen LogP contribution in [0.5, 0.6) is 0 Å². The number of Topliss-reactive ketones (excluding diaryl/α,β-unsaturated/α-hetero) is 2. The number of nitrogens with two attached hydrogens (primary N) is 1. The second-order valence-electron chi connectivity index (χ2n) is 12.8. The van der Waals surface area contributed by atoms with Gasteiger partial charge < -0.3 is 5.73 Å². The summed E-state index contributed by atoms with van der Waals surface area (Å²) in [6.45, 7) is 12.8. The highest BCUT2D eigenvalue weighted by molar-refractivity contribution is 8.77. The molecule has 0 aliphatic heterocycles. The van der Waals surface area contributed by atoms with Gasteiger partial charge in [0.1, 0.15) is 0 Å². The Kier molecular flexibility index (Phi) is 19.3. The van der Waals surface area contributed by atoms with E-state index in [0.29, 0.717) is 30.8 Å². The van der Waals surface area contributed by atoms with E-state index in [1.807, 2.05) is 60.7 Å². The Balaban J connectivity index is 0.000000365. The standard InChI is InChI=1S/C20H25N3O3S3.C15H23NOS2/c1-20(2,3)29-27-14-16(18(24)12-11-15-8-5-4-6-9-15)22-28-19-17(23(25)26)10-7-13-21-19;1-15(2,3)19-18-11-13(16)14(17)10-9-12-7-5-4-6-8-12/h4-10,13,16,22H,11-12,14H2,1-3H3;4-8,13H,9-11,16H2,1-3H3/t16-;13-/m00/s1. The van der Waals surface area contributed by atoms with Gasteiger partial charge in [-0.2, -0.15) is 0 Å². The third-order valence-electron chi connectivity index (χ3n) is 6.15. The first-order chi connectivity index (χ1) is 22.6. The number of carbonyl (C=O) groups is 2. The van der Waals surface area contributed by atoms with Gasteiger partial charge in [0, 0.05) is 46.1 Å². The summed E-state index contributed by atoms with van der Waals surface area (Å²) >= 11 is 1.05. The van der Waals surface area contributed by atoms with Crippen molar-refractivity contribution in [1.82, 2.24) is 9.71 Å². The van der Waals surface area contributed by atoms with E-state index in [9.17, 15) is 19.7 Å². The molecule has 13 heteroatoms. The molecule has 0 aliphatic carbocycles. The lowest BCUT2D eigenvalue weighted by molar-refractivity contribution is -0.388. The van der Waals surface area contributed by atoms with Gasteiger partial charge >= 0.3 is 5.69 Å². The molecule has 3 aromatic rings. The van der Waals surface area contributed by atoms with E-state index in [1.165, 1.54) is 23.9 Å². The van der Waals surface area contributed by atoms with Gasteiger partial charge in [0.15, 0.2) is 16.6 Å². The van der Waals surface area contributed by atoms with Gasteiger partial charge in [-0.15, -0.1) is 0 Å². The first-order valence-corrected chi connectivity index (χ1v) is 21.1. The first-order valence-electron chi connectivity index (χ1n) is 15.7. The molecule has 0 amide bonds. The van der Waals surface area contributed by atoms with Gasteiger partial charge in [0.2, 0.25) is 0 Å². The van der Waals surface area contributed by atoms with E-state index in [2.05, 4.69) is 51.2 Å². The summed E-state index contributed by atoms with van der Waals surface area (Å²) in [5.74, 6) is 1.51. The van der Waals surface area contributed by atoms with Crippen molar-refractivity contribution in [2.24, 2.45) is 5.73 Å². The van der Waals surface area contributed by atoms with Crippen LogP contribution in [-0.2, 0) is 22.4 Å². The molecule has 1 heterocycles. The van der Waals surface area contributed by atoms with Crippen molar-refractivity contribution in [3.05, 3.63) is 100 Å².